The second kappa shape index (κ2) is 8.15. The molecule has 20 heavy (non-hydrogen) atoms. The smallest absolute Gasteiger partial charge is 0.193 e. The van der Waals surface area contributed by atoms with E-state index < -0.39 is 0 Å². The summed E-state index contributed by atoms with van der Waals surface area (Å²) in [5.74, 6) is 0.400. The lowest BCUT2D eigenvalue weighted by atomic mass is 10.1. The molecule has 0 bridgehead atoms. The summed E-state index contributed by atoms with van der Waals surface area (Å²) in [5, 5.41) is 7.00. The van der Waals surface area contributed by atoms with E-state index in [9.17, 15) is 0 Å². The Morgan fingerprint density at radius 3 is 2.60 bits per heavy atom. The van der Waals surface area contributed by atoms with Crippen LogP contribution >= 0.6 is 35.5 Å². The van der Waals surface area contributed by atoms with E-state index in [1.807, 2.05) is 19.1 Å². The largest absolute Gasteiger partial charge is 0.370 e. The van der Waals surface area contributed by atoms with Crippen LogP contribution in [-0.4, -0.2) is 15.5 Å². The van der Waals surface area contributed by atoms with Crippen LogP contribution < -0.4 is 11.1 Å². The Morgan fingerprint density at radius 2 is 2.05 bits per heavy atom. The van der Waals surface area contributed by atoms with Crippen molar-refractivity contribution in [2.45, 2.75) is 26.8 Å². The number of hydrogen-bond acceptors (Lipinski definition) is 4. The van der Waals surface area contributed by atoms with E-state index in [1.54, 1.807) is 0 Å². The van der Waals surface area contributed by atoms with Crippen LogP contribution in [0.2, 0.25) is 0 Å². The number of rotatable bonds is 4. The van der Waals surface area contributed by atoms with E-state index in [1.165, 1.54) is 17.1 Å². The summed E-state index contributed by atoms with van der Waals surface area (Å²) < 4.78 is 3.86. The molecule has 1 aromatic heterocycles. The number of nitrogens with one attached hydrogen (secondary N) is 1. The van der Waals surface area contributed by atoms with Crippen LogP contribution in [0.1, 0.15) is 23.1 Å². The van der Waals surface area contributed by atoms with E-state index >= 15 is 0 Å². The van der Waals surface area contributed by atoms with Gasteiger partial charge in [-0.25, -0.2) is 4.99 Å². The van der Waals surface area contributed by atoms with Crippen molar-refractivity contribution in [3.63, 3.8) is 0 Å². The molecule has 0 aliphatic rings. The second-order valence-corrected chi connectivity index (χ2v) is 5.00. The predicted octanol–water partition coefficient (Wildman–Crippen LogP) is 2.95. The molecular weight excluding hydrogens is 385 g/mol. The average Bonchev–Trinajstić information content (AvgIpc) is 2.83. The quantitative estimate of drug-likeness (QED) is 0.468. The third kappa shape index (κ3) is 4.71. The minimum absolute atomic E-state index is 0. The average molecular weight is 403 g/mol. The van der Waals surface area contributed by atoms with Crippen LogP contribution in [0.3, 0.4) is 0 Å². The van der Waals surface area contributed by atoms with E-state index in [-0.39, 0.29) is 24.0 Å². The molecule has 0 amide bonds. The van der Waals surface area contributed by atoms with Gasteiger partial charge in [0.15, 0.2) is 5.96 Å². The fourth-order valence-electron chi connectivity index (χ4n) is 1.56. The first-order valence-corrected chi connectivity index (χ1v) is 6.90. The molecule has 5 nitrogen and oxygen atoms in total. The fraction of sp³-hybridized carbons (Fsp3) is 0.308. The number of nitrogens with two attached hydrogens (primary N) is 1. The van der Waals surface area contributed by atoms with Crippen molar-refractivity contribution < 1.29 is 0 Å². The molecule has 0 aliphatic carbocycles. The maximum absolute atomic E-state index is 5.85. The summed E-state index contributed by atoms with van der Waals surface area (Å²) in [6, 6.07) is 8.15. The Hall–Kier alpha value is -1.22. The molecule has 0 spiro atoms. The number of aliphatic imine (C=N–C) groups is 1. The van der Waals surface area contributed by atoms with E-state index in [4.69, 9.17) is 5.73 Å². The molecule has 0 saturated carbocycles. The lowest BCUT2D eigenvalue weighted by molar-refractivity contribution is 1.02. The Balaban J connectivity index is 0.00000200. The number of nitrogens with zero attached hydrogens (tertiary/aromatic N) is 3. The van der Waals surface area contributed by atoms with Gasteiger partial charge >= 0.3 is 0 Å². The lowest BCUT2D eigenvalue weighted by Crippen LogP contribution is -2.22. The SMILES string of the molecule is CCc1ccc(NC(N)=NCc2snnc2C)cc1.I. The number of hydrogen-bond donors (Lipinski definition) is 2. The third-order valence-electron chi connectivity index (χ3n) is 2.77. The third-order valence-corrected chi connectivity index (χ3v) is 3.58. The van der Waals surface area contributed by atoms with Crippen molar-refractivity contribution in [2.75, 3.05) is 5.32 Å². The first-order chi connectivity index (χ1) is 9.19. The van der Waals surface area contributed by atoms with Crippen molar-refractivity contribution in [3.8, 4) is 0 Å². The summed E-state index contributed by atoms with van der Waals surface area (Å²) in [5.41, 5.74) is 9.00. The van der Waals surface area contributed by atoms with Crippen LogP contribution in [0.25, 0.3) is 0 Å². The molecule has 0 radical (unpaired) electrons. The van der Waals surface area contributed by atoms with Crippen molar-refractivity contribution in [1.82, 2.24) is 9.59 Å². The molecule has 1 heterocycles. The highest BCUT2D eigenvalue weighted by molar-refractivity contribution is 14.0. The standard InChI is InChI=1S/C13H17N5S.HI/c1-3-10-4-6-11(7-5-10)16-13(14)15-8-12-9(2)17-18-19-12;/h4-7H,3,8H2,1-2H3,(H3,14,15,16);1H. The molecule has 108 valence electrons. The number of guanidine groups is 1. The van der Waals surface area contributed by atoms with Gasteiger partial charge in [0.05, 0.1) is 17.1 Å². The molecular formula is C13H18IN5S. The fourth-order valence-corrected chi connectivity index (χ4v) is 2.12. The van der Waals surface area contributed by atoms with Crippen LogP contribution in [-0.2, 0) is 13.0 Å². The number of anilines is 1. The minimum atomic E-state index is 0. The van der Waals surface area contributed by atoms with Crippen molar-refractivity contribution in [2.24, 2.45) is 10.7 Å². The molecule has 1 aromatic carbocycles. The van der Waals surface area contributed by atoms with E-state index in [2.05, 4.69) is 39.0 Å². The molecule has 2 aromatic rings. The van der Waals surface area contributed by atoms with Gasteiger partial charge in [0.25, 0.3) is 0 Å². The van der Waals surface area contributed by atoms with Gasteiger partial charge in [-0.1, -0.05) is 23.5 Å². The normalized spacial score (nSPS) is 11.0. The Kier molecular flexibility index (Phi) is 6.86. The molecule has 0 unspecified atom stereocenters. The van der Waals surface area contributed by atoms with Crippen LogP contribution in [0.15, 0.2) is 29.3 Å². The van der Waals surface area contributed by atoms with Crippen molar-refractivity contribution in [3.05, 3.63) is 40.4 Å². The summed E-state index contributed by atoms with van der Waals surface area (Å²) >= 11 is 1.35. The van der Waals surface area contributed by atoms with Gasteiger partial charge in [0.2, 0.25) is 0 Å². The first kappa shape index (κ1) is 16.8. The van der Waals surface area contributed by atoms with Gasteiger partial charge in [-0.05, 0) is 42.6 Å². The van der Waals surface area contributed by atoms with Crippen molar-refractivity contribution >= 4 is 47.2 Å². The van der Waals surface area contributed by atoms with Gasteiger partial charge < -0.3 is 11.1 Å². The number of aromatic nitrogens is 2. The van der Waals surface area contributed by atoms with Crippen LogP contribution in [0, 0.1) is 6.92 Å². The molecule has 0 atom stereocenters. The molecule has 0 aliphatic heterocycles. The van der Waals surface area contributed by atoms with E-state index in [0.717, 1.165) is 22.7 Å². The van der Waals surface area contributed by atoms with Crippen LogP contribution in [0.5, 0.6) is 0 Å². The topological polar surface area (TPSA) is 76.2 Å². The van der Waals surface area contributed by atoms with Crippen molar-refractivity contribution in [1.29, 1.82) is 0 Å². The first-order valence-electron chi connectivity index (χ1n) is 6.12. The highest BCUT2D eigenvalue weighted by Crippen LogP contribution is 2.11. The summed E-state index contributed by atoms with van der Waals surface area (Å²) in [6.45, 7) is 4.56. The number of aryl methyl sites for hydroxylation is 2. The lowest BCUT2D eigenvalue weighted by Gasteiger charge is -2.06. The molecule has 2 rings (SSSR count). The zero-order chi connectivity index (χ0) is 13.7. The highest BCUT2D eigenvalue weighted by atomic mass is 127. The molecule has 0 fully saturated rings. The predicted molar refractivity (Wildman–Crippen MR) is 94.8 cm³/mol. The summed E-state index contributed by atoms with van der Waals surface area (Å²) in [7, 11) is 0. The number of halogens is 1. The van der Waals surface area contributed by atoms with E-state index in [0.29, 0.717) is 12.5 Å². The Labute approximate surface area is 139 Å². The zero-order valence-corrected chi connectivity index (χ0v) is 14.6. The molecule has 7 heteroatoms. The summed E-state index contributed by atoms with van der Waals surface area (Å²) in [6.07, 6.45) is 1.03. The second-order valence-electron chi connectivity index (χ2n) is 4.16. The van der Waals surface area contributed by atoms with Crippen LogP contribution in [0.4, 0.5) is 5.69 Å². The monoisotopic (exact) mass is 403 g/mol. The number of benzene rings is 1. The van der Waals surface area contributed by atoms with Gasteiger partial charge in [-0.2, -0.15) is 0 Å². The Bertz CT molecular complexity index is 564. The maximum atomic E-state index is 5.85. The van der Waals surface area contributed by atoms with Gasteiger partial charge in [-0.15, -0.1) is 29.1 Å². The van der Waals surface area contributed by atoms with Gasteiger partial charge in [0, 0.05) is 5.69 Å². The Morgan fingerprint density at radius 1 is 1.35 bits per heavy atom. The summed E-state index contributed by atoms with van der Waals surface area (Å²) in [4.78, 5) is 5.31. The minimum Gasteiger partial charge on any atom is -0.370 e. The molecule has 0 saturated heterocycles. The zero-order valence-electron chi connectivity index (χ0n) is 11.5. The molecule has 3 N–H and O–H groups in total. The van der Waals surface area contributed by atoms with Gasteiger partial charge in [0.1, 0.15) is 0 Å². The highest BCUT2D eigenvalue weighted by Gasteiger charge is 2.02. The van der Waals surface area contributed by atoms with Gasteiger partial charge in [-0.3, -0.25) is 0 Å². The maximum Gasteiger partial charge on any atom is 0.193 e.